The number of aromatic nitrogens is 5. The summed E-state index contributed by atoms with van der Waals surface area (Å²) >= 11 is 0. The number of aryl methyl sites for hydroxylation is 1. The fourth-order valence-corrected chi connectivity index (χ4v) is 3.08. The molecule has 0 aliphatic heterocycles. The van der Waals surface area contributed by atoms with Crippen LogP contribution in [0.15, 0.2) is 71.8 Å². The van der Waals surface area contributed by atoms with Crippen molar-refractivity contribution in [2.45, 2.75) is 6.54 Å². The van der Waals surface area contributed by atoms with E-state index >= 15 is 0 Å². The van der Waals surface area contributed by atoms with Gasteiger partial charge in [-0.1, -0.05) is 0 Å². The van der Waals surface area contributed by atoms with E-state index in [4.69, 9.17) is 0 Å². The third kappa shape index (κ3) is 4.55. The lowest BCUT2D eigenvalue weighted by atomic mass is 10.1. The maximum Gasteiger partial charge on any atom is 0.271 e. The molecule has 1 amide bonds. The molecule has 1 aromatic carbocycles. The summed E-state index contributed by atoms with van der Waals surface area (Å²) in [6.45, 7) is 0.685. The van der Waals surface area contributed by atoms with Crippen molar-refractivity contribution in [2.24, 2.45) is 7.05 Å². The highest BCUT2D eigenvalue weighted by Gasteiger charge is 2.13. The topological polar surface area (TPSA) is 94.7 Å². The molecule has 0 aliphatic rings. The molecule has 0 aliphatic carbocycles. The zero-order valence-electron chi connectivity index (χ0n) is 16.7. The van der Waals surface area contributed by atoms with Gasteiger partial charge in [-0.2, -0.15) is 10.2 Å². The van der Waals surface area contributed by atoms with E-state index in [0.717, 1.165) is 21.5 Å². The Balaban J connectivity index is 1.55. The van der Waals surface area contributed by atoms with Crippen molar-refractivity contribution in [3.8, 4) is 22.5 Å². The molecule has 8 nitrogen and oxygen atoms in total. The molecule has 0 fully saturated rings. The van der Waals surface area contributed by atoms with Crippen molar-refractivity contribution in [1.29, 1.82) is 0 Å². The highest BCUT2D eigenvalue weighted by molar-refractivity contribution is 5.91. The first kappa shape index (κ1) is 20.1. The van der Waals surface area contributed by atoms with E-state index in [-0.39, 0.29) is 23.0 Å². The number of rotatable bonds is 6. The predicted octanol–water partition coefficient (Wildman–Crippen LogP) is 2.27. The van der Waals surface area contributed by atoms with Crippen LogP contribution in [-0.2, 0) is 13.6 Å². The molecular formula is C22H19FN6O2. The summed E-state index contributed by atoms with van der Waals surface area (Å²) in [7, 11) is 1.49. The molecule has 0 atom stereocenters. The molecule has 0 saturated carbocycles. The van der Waals surface area contributed by atoms with Crippen LogP contribution in [0.25, 0.3) is 22.5 Å². The Kier molecular flexibility index (Phi) is 5.65. The molecular weight excluding hydrogens is 399 g/mol. The number of hydrogen-bond acceptors (Lipinski definition) is 5. The Morgan fingerprint density at radius 3 is 2.58 bits per heavy atom. The summed E-state index contributed by atoms with van der Waals surface area (Å²) in [5, 5.41) is 11.4. The van der Waals surface area contributed by atoms with E-state index in [1.165, 1.54) is 31.3 Å². The van der Waals surface area contributed by atoms with Crippen molar-refractivity contribution >= 4 is 5.91 Å². The number of pyridine rings is 1. The maximum absolute atomic E-state index is 13.3. The van der Waals surface area contributed by atoms with E-state index < -0.39 is 0 Å². The van der Waals surface area contributed by atoms with Crippen LogP contribution in [0.3, 0.4) is 0 Å². The molecule has 31 heavy (non-hydrogen) atoms. The molecule has 1 N–H and O–H groups in total. The summed E-state index contributed by atoms with van der Waals surface area (Å²) in [4.78, 5) is 27.9. The predicted molar refractivity (Wildman–Crippen MR) is 113 cm³/mol. The number of nitrogens with one attached hydrogen (secondary N) is 1. The van der Waals surface area contributed by atoms with Gasteiger partial charge in [0.15, 0.2) is 0 Å². The average Bonchev–Trinajstić information content (AvgIpc) is 3.21. The van der Waals surface area contributed by atoms with Crippen LogP contribution in [0, 0.1) is 5.82 Å². The number of carbonyl (C=O) groups is 1. The van der Waals surface area contributed by atoms with Gasteiger partial charge in [0.2, 0.25) is 0 Å². The second-order valence-electron chi connectivity index (χ2n) is 6.82. The number of carbonyl (C=O) groups excluding carboxylic acids is 1. The fraction of sp³-hybridized carbons (Fsp3) is 0.136. The molecule has 0 bridgehead atoms. The monoisotopic (exact) mass is 418 g/mol. The largest absolute Gasteiger partial charge is 0.349 e. The molecule has 3 heterocycles. The molecule has 156 valence electrons. The van der Waals surface area contributed by atoms with E-state index in [2.05, 4.69) is 20.5 Å². The zero-order chi connectivity index (χ0) is 21.8. The molecule has 3 aromatic heterocycles. The van der Waals surface area contributed by atoms with E-state index in [0.29, 0.717) is 18.8 Å². The second-order valence-corrected chi connectivity index (χ2v) is 6.82. The van der Waals surface area contributed by atoms with Gasteiger partial charge in [0, 0.05) is 43.2 Å². The van der Waals surface area contributed by atoms with E-state index in [9.17, 15) is 14.0 Å². The zero-order valence-corrected chi connectivity index (χ0v) is 16.7. The van der Waals surface area contributed by atoms with Gasteiger partial charge < -0.3 is 5.32 Å². The molecule has 0 radical (unpaired) electrons. The van der Waals surface area contributed by atoms with Crippen molar-refractivity contribution in [3.05, 3.63) is 88.9 Å². The average molecular weight is 418 g/mol. The van der Waals surface area contributed by atoms with Crippen LogP contribution in [0.2, 0.25) is 0 Å². The minimum Gasteiger partial charge on any atom is -0.349 e. The molecule has 0 spiro atoms. The van der Waals surface area contributed by atoms with Gasteiger partial charge in [0.1, 0.15) is 11.5 Å². The summed E-state index contributed by atoms with van der Waals surface area (Å²) in [6, 6.07) is 14.4. The van der Waals surface area contributed by atoms with Gasteiger partial charge in [-0.3, -0.25) is 19.3 Å². The van der Waals surface area contributed by atoms with Crippen molar-refractivity contribution in [1.82, 2.24) is 29.9 Å². The van der Waals surface area contributed by atoms with Gasteiger partial charge in [0.05, 0.1) is 17.9 Å². The minimum atomic E-state index is -0.385. The first-order valence-electron chi connectivity index (χ1n) is 9.58. The van der Waals surface area contributed by atoms with Gasteiger partial charge in [-0.05, 0) is 48.5 Å². The first-order valence-corrected chi connectivity index (χ1v) is 9.58. The molecule has 4 rings (SSSR count). The minimum absolute atomic E-state index is 0.155. The van der Waals surface area contributed by atoms with Gasteiger partial charge >= 0.3 is 0 Å². The summed E-state index contributed by atoms with van der Waals surface area (Å²) < 4.78 is 16.2. The maximum atomic E-state index is 13.3. The number of amides is 1. The van der Waals surface area contributed by atoms with Crippen LogP contribution in [-0.4, -0.2) is 37.0 Å². The lowest BCUT2D eigenvalue weighted by Crippen LogP contribution is -2.30. The van der Waals surface area contributed by atoms with E-state index in [1.54, 1.807) is 29.2 Å². The van der Waals surface area contributed by atoms with Crippen molar-refractivity contribution in [3.63, 3.8) is 0 Å². The van der Waals surface area contributed by atoms with Gasteiger partial charge in [-0.15, -0.1) is 0 Å². The van der Waals surface area contributed by atoms with Crippen LogP contribution in [0.4, 0.5) is 4.39 Å². The Morgan fingerprint density at radius 2 is 1.87 bits per heavy atom. The molecule has 0 saturated heterocycles. The summed E-state index contributed by atoms with van der Waals surface area (Å²) in [5.41, 5.74) is 3.02. The van der Waals surface area contributed by atoms with Crippen LogP contribution < -0.4 is 10.9 Å². The molecule has 0 unspecified atom stereocenters. The van der Waals surface area contributed by atoms with Gasteiger partial charge in [0.25, 0.3) is 11.5 Å². The van der Waals surface area contributed by atoms with E-state index in [1.807, 2.05) is 18.2 Å². The number of halogens is 1. The third-order valence-electron chi connectivity index (χ3n) is 4.68. The lowest BCUT2D eigenvalue weighted by molar-refractivity contribution is 0.0944. The Hall–Kier alpha value is -4.14. The number of hydrogen-bond donors (Lipinski definition) is 1. The molecule has 9 heteroatoms. The number of benzene rings is 1. The van der Waals surface area contributed by atoms with Gasteiger partial charge in [-0.25, -0.2) is 9.07 Å². The summed E-state index contributed by atoms with van der Waals surface area (Å²) in [6.07, 6.45) is 3.42. The normalized spacial score (nSPS) is 10.8. The second kappa shape index (κ2) is 8.70. The Labute approximate surface area is 177 Å². The number of nitrogens with zero attached hydrogens (tertiary/aromatic N) is 5. The smallest absolute Gasteiger partial charge is 0.271 e. The van der Waals surface area contributed by atoms with Crippen LogP contribution >= 0.6 is 0 Å². The van der Waals surface area contributed by atoms with Crippen molar-refractivity contribution < 1.29 is 9.18 Å². The Bertz CT molecular complexity index is 1270. The molecule has 4 aromatic rings. The first-order chi connectivity index (χ1) is 15.0. The lowest BCUT2D eigenvalue weighted by Gasteiger charge is -2.09. The summed E-state index contributed by atoms with van der Waals surface area (Å²) in [5.74, 6) is -0.699. The highest BCUT2D eigenvalue weighted by Crippen LogP contribution is 2.25. The SMILES string of the molecule is Cn1nc(C(=O)NCCn2nc(-c3ccc(F)cc3)cc2-c2cccnc2)ccc1=O. The standard InChI is InChI=1S/C22H19FN6O2/c1-28-21(30)9-8-18(26-28)22(31)25-11-12-29-20(16-3-2-10-24-14-16)13-19(27-29)15-4-6-17(23)7-5-15/h2-10,13-14H,11-12H2,1H3,(H,25,31). The van der Waals surface area contributed by atoms with Crippen molar-refractivity contribution in [2.75, 3.05) is 6.54 Å². The van der Waals surface area contributed by atoms with Crippen LogP contribution in [0.5, 0.6) is 0 Å². The third-order valence-corrected chi connectivity index (χ3v) is 4.68. The highest BCUT2D eigenvalue weighted by atomic mass is 19.1. The Morgan fingerprint density at radius 1 is 1.06 bits per heavy atom. The van der Waals surface area contributed by atoms with Crippen LogP contribution in [0.1, 0.15) is 10.5 Å². The quantitative estimate of drug-likeness (QED) is 0.518. The fourth-order valence-electron chi connectivity index (χ4n) is 3.08.